The molecule has 0 aliphatic heterocycles. The summed E-state index contributed by atoms with van der Waals surface area (Å²) in [7, 11) is 0. The first-order valence-corrected chi connectivity index (χ1v) is 57.9. The van der Waals surface area contributed by atoms with Gasteiger partial charge in [-0.15, -0.1) is 0 Å². The highest BCUT2D eigenvalue weighted by atomic mass is 15.2. The molecule has 120 heavy (non-hydrogen) atoms. The van der Waals surface area contributed by atoms with Gasteiger partial charge in [-0.1, -0.05) is 226 Å². The number of fused-ring (bicyclic) bond motifs is 2. The SMILES string of the molecule is C(=C(C1CCCCC1)C1CCCCC1)C1CCC(N(C2CCC(C=C(C3CCCCC3)C3CCCCC3)CC2)C2CCC(C3CCC(C4C5CCCCC5C(C5CCC(C6CCC(N(C7CCC(C=C(C8CCCCC8)C8CCCCC8)CC7)C7CCC(C=C(C8CCCCC8)C8CCCCC8)CC7)CC6)CC5)C5CCCCC54)CC3)CC2)CC1. The molecule has 0 aromatic carbocycles. The van der Waals surface area contributed by atoms with E-state index in [-0.39, 0.29) is 0 Å². The van der Waals surface area contributed by atoms with Crippen molar-refractivity contribution in [3.8, 4) is 0 Å². The summed E-state index contributed by atoms with van der Waals surface area (Å²) in [6.45, 7) is 0. The molecule has 19 aliphatic carbocycles. The third-order valence-electron chi connectivity index (χ3n) is 43.1. The average molecular weight is 1640 g/mol. The van der Waals surface area contributed by atoms with Gasteiger partial charge in [-0.25, -0.2) is 0 Å². The van der Waals surface area contributed by atoms with Crippen LogP contribution in [0.5, 0.6) is 0 Å². The van der Waals surface area contributed by atoms with E-state index in [1.54, 1.807) is 154 Å². The summed E-state index contributed by atoms with van der Waals surface area (Å²) in [5.74, 6) is 23.8. The molecule has 4 atom stereocenters. The summed E-state index contributed by atoms with van der Waals surface area (Å²) >= 11 is 0. The molecule has 0 radical (unpaired) electrons. The number of nitrogens with zero attached hydrogens (tertiary/aromatic N) is 2. The summed E-state index contributed by atoms with van der Waals surface area (Å²) in [6, 6.07) is 5.17. The van der Waals surface area contributed by atoms with Gasteiger partial charge in [0.2, 0.25) is 0 Å². The second-order valence-electron chi connectivity index (χ2n) is 49.4. The third-order valence-corrected chi connectivity index (χ3v) is 43.1. The molecule has 676 valence electrons. The lowest BCUT2D eigenvalue weighted by Crippen LogP contribution is -2.54. The van der Waals surface area contributed by atoms with Gasteiger partial charge in [0, 0.05) is 36.3 Å². The molecule has 19 saturated carbocycles. The van der Waals surface area contributed by atoms with Gasteiger partial charge in [0.05, 0.1) is 0 Å². The molecule has 19 fully saturated rings. The van der Waals surface area contributed by atoms with Crippen molar-refractivity contribution in [2.24, 2.45) is 142 Å². The molecule has 2 nitrogen and oxygen atoms in total. The molecule has 0 aromatic heterocycles. The molecule has 0 spiro atoms. The van der Waals surface area contributed by atoms with Gasteiger partial charge in [-0.2, -0.15) is 0 Å². The van der Waals surface area contributed by atoms with Gasteiger partial charge in [0.25, 0.3) is 0 Å². The van der Waals surface area contributed by atoms with E-state index in [2.05, 4.69) is 34.1 Å². The van der Waals surface area contributed by atoms with E-state index in [1.165, 1.54) is 360 Å². The molecule has 0 N–H and O–H groups in total. The predicted octanol–water partition coefficient (Wildman–Crippen LogP) is 34.8. The highest BCUT2D eigenvalue weighted by Gasteiger charge is 2.56. The summed E-state index contributed by atoms with van der Waals surface area (Å²) in [4.78, 5) is 6.86. The van der Waals surface area contributed by atoms with Gasteiger partial charge in [0.15, 0.2) is 0 Å². The Morgan fingerprint density at radius 1 is 0.133 bits per heavy atom. The Hall–Kier alpha value is -1.12. The second kappa shape index (κ2) is 44.2. The fourth-order valence-corrected chi connectivity index (χ4v) is 37.1. The Balaban J connectivity index is 0.478. The van der Waals surface area contributed by atoms with Gasteiger partial charge >= 0.3 is 0 Å². The second-order valence-corrected chi connectivity index (χ2v) is 49.4. The molecular weight excluding hydrogens is 1450 g/mol. The topological polar surface area (TPSA) is 6.48 Å². The maximum atomic E-state index is 3.43. The van der Waals surface area contributed by atoms with Crippen molar-refractivity contribution in [1.82, 2.24) is 9.80 Å². The number of rotatable bonds is 22. The van der Waals surface area contributed by atoms with Crippen molar-refractivity contribution in [1.29, 1.82) is 0 Å². The van der Waals surface area contributed by atoms with Crippen LogP contribution in [-0.4, -0.2) is 46.1 Å². The van der Waals surface area contributed by atoms with Crippen molar-refractivity contribution < 1.29 is 0 Å². The Bertz CT molecular complexity index is 2630. The lowest BCUT2D eigenvalue weighted by molar-refractivity contribution is -0.116. The molecule has 0 saturated heterocycles. The average Bonchev–Trinajstić information content (AvgIpc) is 0.732. The molecule has 0 bridgehead atoms. The maximum Gasteiger partial charge on any atom is 0.0102 e. The number of hydrogen-bond donors (Lipinski definition) is 0. The van der Waals surface area contributed by atoms with Crippen LogP contribution in [0.15, 0.2) is 46.6 Å². The van der Waals surface area contributed by atoms with E-state index in [4.69, 9.17) is 0 Å². The normalized spacial score (nSPS) is 40.7. The molecule has 0 heterocycles. The van der Waals surface area contributed by atoms with Crippen molar-refractivity contribution in [2.75, 3.05) is 0 Å². The number of hydrogen-bond acceptors (Lipinski definition) is 2. The fourth-order valence-electron chi connectivity index (χ4n) is 37.1. The van der Waals surface area contributed by atoms with Crippen molar-refractivity contribution >= 4 is 0 Å². The first kappa shape index (κ1) is 88.2. The molecule has 19 rings (SSSR count). The molecule has 4 unspecified atom stereocenters. The Kier molecular flexibility index (Phi) is 32.5. The quantitative estimate of drug-likeness (QED) is 0.0997. The smallest absolute Gasteiger partial charge is 0.0102 e. The molecular formula is C118H194N2. The third kappa shape index (κ3) is 21.7. The lowest BCUT2D eigenvalue weighted by atomic mass is 9.45. The van der Waals surface area contributed by atoms with E-state index in [0.717, 1.165) is 178 Å². The minimum Gasteiger partial charge on any atom is -0.294 e. The van der Waals surface area contributed by atoms with Crippen LogP contribution in [0, 0.1) is 142 Å². The number of allylic oxidation sites excluding steroid dienone is 8. The van der Waals surface area contributed by atoms with E-state index in [1.807, 2.05) is 22.3 Å². The van der Waals surface area contributed by atoms with Gasteiger partial charge in [-0.05, 0) is 476 Å². The zero-order valence-corrected chi connectivity index (χ0v) is 79.1. The van der Waals surface area contributed by atoms with Crippen LogP contribution in [-0.2, 0) is 0 Å². The minimum atomic E-state index is 0.857. The van der Waals surface area contributed by atoms with Crippen LogP contribution >= 0.6 is 0 Å². The van der Waals surface area contributed by atoms with Crippen molar-refractivity contribution in [3.05, 3.63) is 46.6 Å². The van der Waals surface area contributed by atoms with Crippen LogP contribution in [0.3, 0.4) is 0 Å². The van der Waals surface area contributed by atoms with Crippen molar-refractivity contribution in [2.45, 2.75) is 550 Å². The summed E-state index contributed by atoms with van der Waals surface area (Å²) < 4.78 is 0. The molecule has 0 amide bonds. The zero-order chi connectivity index (χ0) is 80.2. The standard InChI is InChI=1S/C118H194N2/c1-9-29-93(30-10-1)113(94-31-11-2-12-32-94)81-85-49-69-103(70-50-85)119(104-71-51-86(52-72-104)82-114(95-33-13-3-14-34-95)96-35-15-4-16-36-96)107-77-65-91(66-78-107)89-57-61-101(62-58-89)117-109-45-25-27-47-111(109)118(112-48-28-26-46-110(112)117)102-63-59-90(60-64-102)92-67-79-108(80-68-92)120(105-73-53-87(54-74-105)83-115(97-37-17-5-18-38-97)98-39-19-6-20-40-98)106-75-55-88(56-76-106)84-116(99-41-21-7-22-42-99)100-43-23-8-24-44-100/h81-112,117-118H,1-80H2. The van der Waals surface area contributed by atoms with Crippen LogP contribution < -0.4 is 0 Å². The maximum absolute atomic E-state index is 3.43. The predicted molar refractivity (Wildman–Crippen MR) is 512 cm³/mol. The van der Waals surface area contributed by atoms with E-state index >= 15 is 0 Å². The fraction of sp³-hybridized carbons (Fsp3) is 0.932. The summed E-state index contributed by atoms with van der Waals surface area (Å²) in [5.41, 5.74) is 8.08. The monoisotopic (exact) mass is 1640 g/mol. The molecule has 19 aliphatic rings. The highest BCUT2D eigenvalue weighted by Crippen LogP contribution is 2.64. The minimum absolute atomic E-state index is 0.857. The van der Waals surface area contributed by atoms with Crippen molar-refractivity contribution in [3.63, 3.8) is 0 Å². The summed E-state index contributed by atoms with van der Waals surface area (Å²) in [5, 5.41) is 0. The Labute approximate surface area is 743 Å². The first-order chi connectivity index (χ1) is 59.5. The Morgan fingerprint density at radius 3 is 0.450 bits per heavy atom. The van der Waals surface area contributed by atoms with E-state index in [9.17, 15) is 0 Å². The van der Waals surface area contributed by atoms with Crippen LogP contribution in [0.25, 0.3) is 0 Å². The lowest BCUT2D eigenvalue weighted by Gasteiger charge is -2.60. The first-order valence-electron chi connectivity index (χ1n) is 57.9. The van der Waals surface area contributed by atoms with Gasteiger partial charge in [0.1, 0.15) is 0 Å². The van der Waals surface area contributed by atoms with Crippen LogP contribution in [0.2, 0.25) is 0 Å². The van der Waals surface area contributed by atoms with Gasteiger partial charge in [-0.3, -0.25) is 9.80 Å². The molecule has 0 aromatic rings. The van der Waals surface area contributed by atoms with Crippen LogP contribution in [0.1, 0.15) is 514 Å². The van der Waals surface area contributed by atoms with E-state index < -0.39 is 0 Å². The Morgan fingerprint density at radius 2 is 0.275 bits per heavy atom. The van der Waals surface area contributed by atoms with Gasteiger partial charge < -0.3 is 0 Å². The van der Waals surface area contributed by atoms with Crippen LogP contribution in [0.4, 0.5) is 0 Å². The van der Waals surface area contributed by atoms with E-state index in [0.29, 0.717) is 0 Å². The zero-order valence-electron chi connectivity index (χ0n) is 79.1. The summed E-state index contributed by atoms with van der Waals surface area (Å²) in [6.07, 6.45) is 135. The molecule has 2 heteroatoms. The highest BCUT2D eigenvalue weighted by molar-refractivity contribution is 5.20. The largest absolute Gasteiger partial charge is 0.294 e.